The number of nitrogens with one attached hydrogen (secondary N) is 2. The Kier molecular flexibility index (Phi) is 9.57. The van der Waals surface area contributed by atoms with Crippen molar-refractivity contribution in [3.63, 3.8) is 0 Å². The van der Waals surface area contributed by atoms with Crippen molar-refractivity contribution in [2.24, 2.45) is 0 Å². The number of hydrogen-bond donors (Lipinski definition) is 2. The average Bonchev–Trinajstić information content (AvgIpc) is 2.30. The fourth-order valence-electron chi connectivity index (χ4n) is 1.43. The molecule has 110 valence electrons. The van der Waals surface area contributed by atoms with E-state index in [1.54, 1.807) is 7.05 Å². The molecule has 0 aliphatic heterocycles. The van der Waals surface area contributed by atoms with Crippen LogP contribution in [-0.2, 0) is 10.2 Å². The van der Waals surface area contributed by atoms with Gasteiger partial charge in [-0.2, -0.15) is 12.7 Å². The summed E-state index contributed by atoms with van der Waals surface area (Å²) in [4.78, 5) is 2.04. The third-order valence-corrected chi connectivity index (χ3v) is 4.13. The summed E-state index contributed by atoms with van der Waals surface area (Å²) in [5.41, 5.74) is 0. The van der Waals surface area contributed by atoms with Crippen molar-refractivity contribution in [3.05, 3.63) is 0 Å². The summed E-state index contributed by atoms with van der Waals surface area (Å²) in [5.74, 6) is 0. The zero-order chi connectivity index (χ0) is 14.0. The molecule has 6 nitrogen and oxygen atoms in total. The SMILES string of the molecule is CCNCCCN(C)S(=O)(=O)NCCCN(C)C. The molecule has 0 heterocycles. The second-order valence-electron chi connectivity index (χ2n) is 4.58. The normalized spacial score (nSPS) is 12.6. The lowest BCUT2D eigenvalue weighted by atomic mass is 10.4. The van der Waals surface area contributed by atoms with Gasteiger partial charge in [0.05, 0.1) is 0 Å². The highest BCUT2D eigenvalue weighted by Crippen LogP contribution is 1.95. The predicted molar refractivity (Wildman–Crippen MR) is 75.9 cm³/mol. The summed E-state index contributed by atoms with van der Waals surface area (Å²) in [7, 11) is 2.25. The second kappa shape index (κ2) is 9.69. The molecule has 0 saturated carbocycles. The summed E-state index contributed by atoms with van der Waals surface area (Å²) in [6.45, 7) is 5.70. The van der Waals surface area contributed by atoms with Crippen molar-refractivity contribution in [2.45, 2.75) is 19.8 Å². The number of nitrogens with zero attached hydrogens (tertiary/aromatic N) is 2. The molecule has 2 N–H and O–H groups in total. The molecule has 0 spiro atoms. The van der Waals surface area contributed by atoms with Gasteiger partial charge in [0.2, 0.25) is 0 Å². The molecule has 0 aliphatic carbocycles. The molecular formula is C11H28N4O2S. The standard InChI is InChI=1S/C11H28N4O2S/c1-5-12-8-6-11-15(4)18(16,17)13-9-7-10-14(2)3/h12-13H,5-11H2,1-4H3. The first-order valence-electron chi connectivity index (χ1n) is 6.46. The molecule has 0 fully saturated rings. The van der Waals surface area contributed by atoms with Crippen LogP contribution in [0.15, 0.2) is 0 Å². The van der Waals surface area contributed by atoms with E-state index in [4.69, 9.17) is 0 Å². The van der Waals surface area contributed by atoms with Crippen LogP contribution in [0.3, 0.4) is 0 Å². The van der Waals surface area contributed by atoms with E-state index in [0.29, 0.717) is 13.1 Å². The highest BCUT2D eigenvalue weighted by atomic mass is 32.2. The Morgan fingerprint density at radius 2 is 1.61 bits per heavy atom. The summed E-state index contributed by atoms with van der Waals surface area (Å²) >= 11 is 0. The van der Waals surface area contributed by atoms with Crippen LogP contribution < -0.4 is 10.0 Å². The van der Waals surface area contributed by atoms with Crippen molar-refractivity contribution in [2.75, 3.05) is 53.9 Å². The zero-order valence-electron chi connectivity index (χ0n) is 12.1. The fraction of sp³-hybridized carbons (Fsp3) is 1.00. The van der Waals surface area contributed by atoms with Crippen LogP contribution >= 0.6 is 0 Å². The Hall–Kier alpha value is -0.210. The molecule has 0 aromatic carbocycles. The minimum Gasteiger partial charge on any atom is -0.317 e. The van der Waals surface area contributed by atoms with Gasteiger partial charge in [0.1, 0.15) is 0 Å². The Bertz CT molecular complexity index is 293. The third kappa shape index (κ3) is 8.82. The first kappa shape index (κ1) is 17.8. The number of rotatable bonds is 11. The Morgan fingerprint density at radius 1 is 1.00 bits per heavy atom. The predicted octanol–water partition coefficient (Wildman–Crippen LogP) is -0.296. The van der Waals surface area contributed by atoms with Crippen molar-refractivity contribution >= 4 is 10.2 Å². The Labute approximate surface area is 112 Å². The molecular weight excluding hydrogens is 252 g/mol. The van der Waals surface area contributed by atoms with E-state index in [2.05, 4.69) is 10.0 Å². The summed E-state index contributed by atoms with van der Waals surface area (Å²) in [5, 5.41) is 3.17. The minimum absolute atomic E-state index is 0.484. The number of hydrogen-bond acceptors (Lipinski definition) is 4. The van der Waals surface area contributed by atoms with Gasteiger partial charge in [0.25, 0.3) is 10.2 Å². The quantitative estimate of drug-likeness (QED) is 0.510. The first-order valence-corrected chi connectivity index (χ1v) is 7.90. The summed E-state index contributed by atoms with van der Waals surface area (Å²) < 4.78 is 27.6. The molecule has 0 saturated heterocycles. The largest absolute Gasteiger partial charge is 0.317 e. The third-order valence-electron chi connectivity index (χ3n) is 2.55. The van der Waals surface area contributed by atoms with Crippen LogP contribution in [-0.4, -0.2) is 71.5 Å². The lowest BCUT2D eigenvalue weighted by Gasteiger charge is -2.18. The van der Waals surface area contributed by atoms with Crippen molar-refractivity contribution in [3.8, 4) is 0 Å². The van der Waals surface area contributed by atoms with Crippen LogP contribution in [0.25, 0.3) is 0 Å². The highest BCUT2D eigenvalue weighted by Gasteiger charge is 2.15. The van der Waals surface area contributed by atoms with Crippen LogP contribution in [0, 0.1) is 0 Å². The molecule has 7 heteroatoms. The van der Waals surface area contributed by atoms with Crippen molar-refractivity contribution in [1.82, 2.24) is 19.2 Å². The molecule has 0 rings (SSSR count). The Balaban J connectivity index is 3.82. The van der Waals surface area contributed by atoms with Crippen LogP contribution in [0.2, 0.25) is 0 Å². The molecule has 0 bridgehead atoms. The van der Waals surface area contributed by atoms with Crippen LogP contribution in [0.5, 0.6) is 0 Å². The summed E-state index contributed by atoms with van der Waals surface area (Å²) in [6, 6.07) is 0. The van der Waals surface area contributed by atoms with Gasteiger partial charge in [0.15, 0.2) is 0 Å². The van der Waals surface area contributed by atoms with Gasteiger partial charge in [-0.1, -0.05) is 6.92 Å². The van der Waals surface area contributed by atoms with Gasteiger partial charge < -0.3 is 10.2 Å². The fourth-order valence-corrected chi connectivity index (χ4v) is 2.42. The second-order valence-corrected chi connectivity index (χ2v) is 6.45. The lowest BCUT2D eigenvalue weighted by molar-refractivity contribution is 0.396. The molecule has 0 aromatic heterocycles. The maximum atomic E-state index is 11.8. The van der Waals surface area contributed by atoms with Crippen LogP contribution in [0.1, 0.15) is 19.8 Å². The van der Waals surface area contributed by atoms with E-state index in [-0.39, 0.29) is 0 Å². The molecule has 0 unspecified atom stereocenters. The highest BCUT2D eigenvalue weighted by molar-refractivity contribution is 7.87. The first-order chi connectivity index (χ1) is 8.40. The molecule has 0 aromatic rings. The topological polar surface area (TPSA) is 64.7 Å². The van der Waals surface area contributed by atoms with Gasteiger partial charge in [-0.25, -0.2) is 4.72 Å². The van der Waals surface area contributed by atoms with Crippen molar-refractivity contribution in [1.29, 1.82) is 0 Å². The van der Waals surface area contributed by atoms with Gasteiger partial charge >= 0.3 is 0 Å². The van der Waals surface area contributed by atoms with E-state index >= 15 is 0 Å². The van der Waals surface area contributed by atoms with Crippen molar-refractivity contribution < 1.29 is 8.42 Å². The Morgan fingerprint density at radius 3 is 2.17 bits per heavy atom. The zero-order valence-corrected chi connectivity index (χ0v) is 12.9. The molecule has 0 atom stereocenters. The van der Waals surface area contributed by atoms with E-state index in [1.165, 1.54) is 4.31 Å². The van der Waals surface area contributed by atoms with Gasteiger partial charge in [-0.3, -0.25) is 0 Å². The monoisotopic (exact) mass is 280 g/mol. The van der Waals surface area contributed by atoms with E-state index in [1.807, 2.05) is 25.9 Å². The smallest absolute Gasteiger partial charge is 0.279 e. The van der Waals surface area contributed by atoms with E-state index in [9.17, 15) is 8.42 Å². The summed E-state index contributed by atoms with van der Waals surface area (Å²) in [6.07, 6.45) is 1.64. The maximum absolute atomic E-state index is 11.8. The lowest BCUT2D eigenvalue weighted by Crippen LogP contribution is -2.40. The molecule has 0 amide bonds. The van der Waals surface area contributed by atoms with Gasteiger partial charge in [-0.05, 0) is 46.6 Å². The molecule has 18 heavy (non-hydrogen) atoms. The van der Waals surface area contributed by atoms with E-state index < -0.39 is 10.2 Å². The van der Waals surface area contributed by atoms with Gasteiger partial charge in [-0.15, -0.1) is 0 Å². The van der Waals surface area contributed by atoms with Gasteiger partial charge in [0, 0.05) is 20.1 Å². The maximum Gasteiger partial charge on any atom is 0.279 e. The molecule has 0 aliphatic rings. The molecule has 0 radical (unpaired) electrons. The average molecular weight is 280 g/mol. The minimum atomic E-state index is -3.31. The van der Waals surface area contributed by atoms with E-state index in [0.717, 1.165) is 32.5 Å². The van der Waals surface area contributed by atoms with Crippen LogP contribution in [0.4, 0.5) is 0 Å².